The van der Waals surface area contributed by atoms with Gasteiger partial charge in [-0.2, -0.15) is 0 Å². The van der Waals surface area contributed by atoms with Crippen molar-refractivity contribution in [1.29, 1.82) is 0 Å². The van der Waals surface area contributed by atoms with Gasteiger partial charge in [0.15, 0.2) is 17.3 Å². The van der Waals surface area contributed by atoms with Gasteiger partial charge in [0, 0.05) is 11.1 Å². The lowest BCUT2D eigenvalue weighted by Crippen LogP contribution is -2.27. The Labute approximate surface area is 160 Å². The minimum absolute atomic E-state index is 0.0525. The predicted molar refractivity (Wildman–Crippen MR) is 108 cm³/mol. The number of fused-ring (bicyclic) bond motifs is 1. The summed E-state index contributed by atoms with van der Waals surface area (Å²) >= 11 is 0. The van der Waals surface area contributed by atoms with E-state index in [9.17, 15) is 4.79 Å². The number of benzene rings is 2. The van der Waals surface area contributed by atoms with E-state index in [0.29, 0.717) is 17.1 Å². The topological polar surface area (TPSA) is 44.8 Å². The molecule has 4 heteroatoms. The monoisotopic (exact) mass is 364 g/mol. The molecule has 0 spiro atoms. The van der Waals surface area contributed by atoms with Crippen LogP contribution in [-0.4, -0.2) is 25.6 Å². The van der Waals surface area contributed by atoms with Gasteiger partial charge in [-0.05, 0) is 68.3 Å². The smallest absolute Gasteiger partial charge is 0.186 e. The maximum absolute atomic E-state index is 12.7. The lowest BCUT2D eigenvalue weighted by atomic mass is 9.94. The summed E-state index contributed by atoms with van der Waals surface area (Å²) in [6, 6.07) is 9.22. The third-order valence-corrected chi connectivity index (χ3v) is 4.60. The Morgan fingerprint density at radius 3 is 2.52 bits per heavy atom. The Kier molecular flexibility index (Phi) is 5.08. The minimum atomic E-state index is -0.335. The van der Waals surface area contributed by atoms with Gasteiger partial charge in [0.1, 0.15) is 11.4 Å². The van der Waals surface area contributed by atoms with Crippen LogP contribution in [-0.2, 0) is 0 Å². The molecular weight excluding hydrogens is 340 g/mol. The van der Waals surface area contributed by atoms with Crippen molar-refractivity contribution in [3.05, 3.63) is 64.7 Å². The number of hydrogen-bond donors (Lipinski definition) is 0. The van der Waals surface area contributed by atoms with Crippen molar-refractivity contribution in [1.82, 2.24) is 0 Å². The van der Waals surface area contributed by atoms with Crippen molar-refractivity contribution < 1.29 is 19.0 Å². The van der Waals surface area contributed by atoms with Crippen LogP contribution in [0.2, 0.25) is 0 Å². The van der Waals surface area contributed by atoms with Crippen molar-refractivity contribution in [2.75, 3.05) is 14.2 Å². The fourth-order valence-corrected chi connectivity index (χ4v) is 3.09. The molecule has 0 saturated carbocycles. The van der Waals surface area contributed by atoms with Crippen LogP contribution in [0, 0.1) is 6.92 Å². The van der Waals surface area contributed by atoms with E-state index in [4.69, 9.17) is 14.2 Å². The summed E-state index contributed by atoms with van der Waals surface area (Å²) in [6.07, 6.45) is 7.39. The number of ketones is 1. The third kappa shape index (κ3) is 3.90. The van der Waals surface area contributed by atoms with Gasteiger partial charge in [-0.15, -0.1) is 0 Å². The molecule has 3 rings (SSSR count). The molecule has 0 fully saturated rings. The van der Waals surface area contributed by atoms with Crippen LogP contribution in [0.5, 0.6) is 17.2 Å². The average Bonchev–Trinajstić information content (AvgIpc) is 2.65. The molecule has 0 aromatic heterocycles. The Morgan fingerprint density at radius 1 is 1.07 bits per heavy atom. The standard InChI is InChI=1S/C23H24O4/c1-15-17(8-11-20-18(15)12-13-23(2,3)27-20)19(24)9-6-16-7-10-21(25-4)22(14-16)26-5/h6-14H,1-5H3/b9-6+. The quantitative estimate of drug-likeness (QED) is 0.547. The zero-order valence-corrected chi connectivity index (χ0v) is 16.3. The van der Waals surface area contributed by atoms with Gasteiger partial charge in [-0.3, -0.25) is 4.79 Å². The summed E-state index contributed by atoms with van der Waals surface area (Å²) in [5.41, 5.74) is 3.07. The Morgan fingerprint density at radius 2 is 1.81 bits per heavy atom. The molecule has 0 saturated heterocycles. The minimum Gasteiger partial charge on any atom is -0.493 e. The van der Waals surface area contributed by atoms with Gasteiger partial charge in [0.25, 0.3) is 0 Å². The first-order valence-corrected chi connectivity index (χ1v) is 8.81. The Hall–Kier alpha value is -3.01. The number of carbonyl (C=O) groups excluding carboxylic acids is 1. The molecule has 0 aliphatic carbocycles. The molecule has 1 heterocycles. The first kappa shape index (κ1) is 18.8. The lowest BCUT2D eigenvalue weighted by Gasteiger charge is -2.29. The molecule has 0 N–H and O–H groups in total. The second-order valence-electron chi connectivity index (χ2n) is 7.00. The highest BCUT2D eigenvalue weighted by Crippen LogP contribution is 2.34. The third-order valence-electron chi connectivity index (χ3n) is 4.60. The van der Waals surface area contributed by atoms with Crippen LogP contribution in [0.4, 0.5) is 0 Å². The highest BCUT2D eigenvalue weighted by atomic mass is 16.5. The summed E-state index contributed by atoms with van der Waals surface area (Å²) in [4.78, 5) is 12.7. The number of carbonyl (C=O) groups is 1. The summed E-state index contributed by atoms with van der Waals surface area (Å²) in [7, 11) is 3.18. The average molecular weight is 364 g/mol. The van der Waals surface area contributed by atoms with Crippen molar-refractivity contribution in [3.63, 3.8) is 0 Å². The molecule has 0 radical (unpaired) electrons. The highest BCUT2D eigenvalue weighted by molar-refractivity contribution is 6.08. The van der Waals surface area contributed by atoms with Gasteiger partial charge in [0.05, 0.1) is 14.2 Å². The Balaban J connectivity index is 1.86. The second-order valence-corrected chi connectivity index (χ2v) is 7.00. The number of methoxy groups -OCH3 is 2. The fourth-order valence-electron chi connectivity index (χ4n) is 3.09. The molecule has 140 valence electrons. The molecule has 2 aromatic rings. The molecule has 2 aromatic carbocycles. The van der Waals surface area contributed by atoms with E-state index < -0.39 is 0 Å². The number of ether oxygens (including phenoxy) is 3. The zero-order valence-electron chi connectivity index (χ0n) is 16.3. The fraction of sp³-hybridized carbons (Fsp3) is 0.261. The predicted octanol–water partition coefficient (Wildman–Crippen LogP) is 5.09. The van der Waals surface area contributed by atoms with E-state index in [1.807, 2.05) is 63.3 Å². The molecule has 0 unspecified atom stereocenters. The van der Waals surface area contributed by atoms with Crippen LogP contribution in [0.3, 0.4) is 0 Å². The molecule has 1 aliphatic heterocycles. The van der Waals surface area contributed by atoms with E-state index in [1.165, 1.54) is 0 Å². The maximum Gasteiger partial charge on any atom is 0.186 e. The van der Waals surface area contributed by atoms with Crippen LogP contribution < -0.4 is 14.2 Å². The van der Waals surface area contributed by atoms with E-state index in [1.54, 1.807) is 26.4 Å². The zero-order chi connectivity index (χ0) is 19.6. The van der Waals surface area contributed by atoms with Crippen molar-refractivity contribution >= 4 is 17.9 Å². The van der Waals surface area contributed by atoms with Gasteiger partial charge in [-0.1, -0.05) is 18.2 Å². The maximum atomic E-state index is 12.7. The second kappa shape index (κ2) is 7.31. The summed E-state index contributed by atoms with van der Waals surface area (Å²) in [5.74, 6) is 2.03. The van der Waals surface area contributed by atoms with E-state index in [2.05, 4.69) is 0 Å². The van der Waals surface area contributed by atoms with Crippen LogP contribution >= 0.6 is 0 Å². The van der Waals surface area contributed by atoms with Crippen molar-refractivity contribution in [2.24, 2.45) is 0 Å². The molecule has 0 bridgehead atoms. The molecule has 1 aliphatic rings. The van der Waals surface area contributed by atoms with Gasteiger partial charge in [0.2, 0.25) is 0 Å². The normalized spacial score (nSPS) is 14.6. The van der Waals surface area contributed by atoms with Crippen LogP contribution in [0.1, 0.15) is 40.9 Å². The van der Waals surface area contributed by atoms with Gasteiger partial charge < -0.3 is 14.2 Å². The SMILES string of the molecule is COc1ccc(/C=C/C(=O)c2ccc3c(c2C)C=CC(C)(C)O3)cc1OC. The van der Waals surface area contributed by atoms with Gasteiger partial charge >= 0.3 is 0 Å². The van der Waals surface area contributed by atoms with Crippen molar-refractivity contribution in [3.8, 4) is 17.2 Å². The highest BCUT2D eigenvalue weighted by Gasteiger charge is 2.24. The first-order chi connectivity index (χ1) is 12.8. The number of allylic oxidation sites excluding steroid dienone is 1. The van der Waals surface area contributed by atoms with Gasteiger partial charge in [-0.25, -0.2) is 0 Å². The summed E-state index contributed by atoms with van der Waals surface area (Å²) < 4.78 is 16.5. The van der Waals surface area contributed by atoms with E-state index in [0.717, 1.165) is 22.4 Å². The van der Waals surface area contributed by atoms with E-state index >= 15 is 0 Å². The van der Waals surface area contributed by atoms with E-state index in [-0.39, 0.29) is 11.4 Å². The van der Waals surface area contributed by atoms with Crippen LogP contribution in [0.15, 0.2) is 42.5 Å². The summed E-state index contributed by atoms with van der Waals surface area (Å²) in [5, 5.41) is 0. The molecular formula is C23H24O4. The van der Waals surface area contributed by atoms with Crippen LogP contribution in [0.25, 0.3) is 12.2 Å². The number of rotatable bonds is 5. The molecule has 0 amide bonds. The Bertz CT molecular complexity index is 936. The summed E-state index contributed by atoms with van der Waals surface area (Å²) in [6.45, 7) is 5.96. The molecule has 0 atom stereocenters. The molecule has 4 nitrogen and oxygen atoms in total. The lowest BCUT2D eigenvalue weighted by molar-refractivity contribution is 0.104. The molecule has 27 heavy (non-hydrogen) atoms. The largest absolute Gasteiger partial charge is 0.493 e. The first-order valence-electron chi connectivity index (χ1n) is 8.81. The number of hydrogen-bond acceptors (Lipinski definition) is 4. The van der Waals surface area contributed by atoms with Crippen molar-refractivity contribution in [2.45, 2.75) is 26.4 Å².